The third-order valence-electron chi connectivity index (χ3n) is 2.74. The number of rotatable bonds is 2. The van der Waals surface area contributed by atoms with Crippen molar-refractivity contribution in [1.29, 1.82) is 0 Å². The predicted octanol–water partition coefficient (Wildman–Crippen LogP) is 0.632. The standard InChI is InChI=1S/C9H12ClNO4/c1-9(11)4(7(12)13)2-3-5(10)6(9)8(14)15/h3-4,6H,2,11H2,1H3,(H,12,13)(H,14,15). The normalized spacial score (nSPS) is 35.8. The third kappa shape index (κ3) is 1.98. The van der Waals surface area contributed by atoms with Crippen molar-refractivity contribution in [3.05, 3.63) is 11.1 Å². The molecule has 4 N–H and O–H groups in total. The van der Waals surface area contributed by atoms with E-state index in [1.165, 1.54) is 13.0 Å². The highest BCUT2D eigenvalue weighted by Gasteiger charge is 2.49. The summed E-state index contributed by atoms with van der Waals surface area (Å²) >= 11 is 5.74. The first-order valence-electron chi connectivity index (χ1n) is 4.38. The lowest BCUT2D eigenvalue weighted by atomic mass is 9.71. The maximum Gasteiger partial charge on any atom is 0.313 e. The summed E-state index contributed by atoms with van der Waals surface area (Å²) in [6, 6.07) is 0. The number of carbonyl (C=O) groups is 2. The van der Waals surface area contributed by atoms with Gasteiger partial charge in [-0.3, -0.25) is 9.59 Å². The van der Waals surface area contributed by atoms with Gasteiger partial charge >= 0.3 is 11.9 Å². The number of carboxylic acids is 2. The topological polar surface area (TPSA) is 101 Å². The van der Waals surface area contributed by atoms with Crippen molar-refractivity contribution < 1.29 is 19.8 Å². The number of aliphatic carboxylic acids is 2. The minimum Gasteiger partial charge on any atom is -0.481 e. The van der Waals surface area contributed by atoms with Gasteiger partial charge in [-0.2, -0.15) is 0 Å². The molecule has 1 aliphatic carbocycles. The van der Waals surface area contributed by atoms with Gasteiger partial charge in [0.15, 0.2) is 0 Å². The van der Waals surface area contributed by atoms with Gasteiger partial charge in [-0.1, -0.05) is 17.7 Å². The second-order valence-electron chi connectivity index (χ2n) is 3.85. The quantitative estimate of drug-likeness (QED) is 0.650. The molecule has 5 nitrogen and oxygen atoms in total. The first-order chi connectivity index (χ1) is 6.78. The number of halogens is 1. The number of hydrogen-bond acceptors (Lipinski definition) is 3. The smallest absolute Gasteiger partial charge is 0.313 e. The maximum atomic E-state index is 11.0. The predicted molar refractivity (Wildman–Crippen MR) is 53.4 cm³/mol. The van der Waals surface area contributed by atoms with E-state index in [-0.39, 0.29) is 11.5 Å². The van der Waals surface area contributed by atoms with E-state index in [2.05, 4.69) is 0 Å². The molecule has 84 valence electrons. The second-order valence-corrected chi connectivity index (χ2v) is 4.29. The van der Waals surface area contributed by atoms with E-state index in [4.69, 9.17) is 27.5 Å². The van der Waals surface area contributed by atoms with Gasteiger partial charge in [0.05, 0.1) is 5.92 Å². The summed E-state index contributed by atoms with van der Waals surface area (Å²) in [5.41, 5.74) is 4.40. The molecule has 0 aromatic rings. The molecule has 1 rings (SSSR count). The summed E-state index contributed by atoms with van der Waals surface area (Å²) in [5.74, 6) is -4.39. The molecule has 0 amide bonds. The lowest BCUT2D eigenvalue weighted by Crippen LogP contribution is -2.57. The van der Waals surface area contributed by atoms with E-state index < -0.39 is 29.3 Å². The Morgan fingerprint density at radius 1 is 1.53 bits per heavy atom. The van der Waals surface area contributed by atoms with Crippen molar-refractivity contribution >= 4 is 23.5 Å². The minimum atomic E-state index is -1.37. The highest BCUT2D eigenvalue weighted by atomic mass is 35.5. The van der Waals surface area contributed by atoms with Crippen LogP contribution in [0.4, 0.5) is 0 Å². The van der Waals surface area contributed by atoms with Crippen molar-refractivity contribution in [3.8, 4) is 0 Å². The van der Waals surface area contributed by atoms with E-state index in [1.54, 1.807) is 0 Å². The average Bonchev–Trinajstić information content (AvgIpc) is 1.99. The van der Waals surface area contributed by atoms with Crippen molar-refractivity contribution in [1.82, 2.24) is 0 Å². The zero-order valence-corrected chi connectivity index (χ0v) is 8.86. The lowest BCUT2D eigenvalue weighted by Gasteiger charge is -2.38. The zero-order valence-electron chi connectivity index (χ0n) is 8.11. The molecule has 0 bridgehead atoms. The van der Waals surface area contributed by atoms with E-state index in [1.807, 2.05) is 0 Å². The Morgan fingerprint density at radius 3 is 2.47 bits per heavy atom. The Bertz CT molecular complexity index is 337. The third-order valence-corrected chi connectivity index (χ3v) is 3.11. The van der Waals surface area contributed by atoms with Crippen LogP contribution in [0.3, 0.4) is 0 Å². The van der Waals surface area contributed by atoms with Crippen LogP contribution in [0, 0.1) is 11.8 Å². The first-order valence-corrected chi connectivity index (χ1v) is 4.76. The van der Waals surface area contributed by atoms with E-state index in [9.17, 15) is 9.59 Å². The molecule has 6 heteroatoms. The largest absolute Gasteiger partial charge is 0.481 e. The van der Waals surface area contributed by atoms with Gasteiger partial charge in [-0.05, 0) is 13.3 Å². The first kappa shape index (κ1) is 12.0. The van der Waals surface area contributed by atoms with Crippen molar-refractivity contribution in [2.24, 2.45) is 17.6 Å². The van der Waals surface area contributed by atoms with Gasteiger partial charge in [0.25, 0.3) is 0 Å². The van der Waals surface area contributed by atoms with Crippen LogP contribution in [0.1, 0.15) is 13.3 Å². The van der Waals surface area contributed by atoms with Crippen LogP contribution in [0.5, 0.6) is 0 Å². The molecular weight excluding hydrogens is 222 g/mol. The van der Waals surface area contributed by atoms with Crippen molar-refractivity contribution in [3.63, 3.8) is 0 Å². The van der Waals surface area contributed by atoms with Gasteiger partial charge in [0.1, 0.15) is 5.92 Å². The maximum absolute atomic E-state index is 11.0. The second kappa shape index (κ2) is 3.83. The Hall–Kier alpha value is -1.07. The van der Waals surface area contributed by atoms with E-state index in [0.717, 1.165) is 0 Å². The number of nitrogens with two attached hydrogens (primary N) is 1. The Kier molecular flexibility index (Phi) is 3.06. The minimum absolute atomic E-state index is 0.102. The van der Waals surface area contributed by atoms with Crippen LogP contribution in [-0.4, -0.2) is 27.7 Å². The van der Waals surface area contributed by atoms with E-state index >= 15 is 0 Å². The molecule has 0 fully saturated rings. The molecule has 0 aliphatic heterocycles. The summed E-state index contributed by atoms with van der Waals surface area (Å²) in [7, 11) is 0. The zero-order chi connectivity index (χ0) is 11.8. The molecule has 0 aromatic heterocycles. The molecule has 1 aliphatic rings. The van der Waals surface area contributed by atoms with Gasteiger partial charge < -0.3 is 15.9 Å². The molecule has 0 radical (unpaired) electrons. The summed E-state index contributed by atoms with van der Waals surface area (Å²) in [5, 5.41) is 18.0. The molecular formula is C9H12ClNO4. The van der Waals surface area contributed by atoms with Crippen LogP contribution < -0.4 is 5.73 Å². The van der Waals surface area contributed by atoms with Gasteiger partial charge in [0, 0.05) is 10.6 Å². The number of carboxylic acid groups (broad SMARTS) is 2. The molecule has 0 aromatic carbocycles. The van der Waals surface area contributed by atoms with Crippen LogP contribution in [0.25, 0.3) is 0 Å². The summed E-state index contributed by atoms with van der Waals surface area (Å²) < 4.78 is 0. The fourth-order valence-corrected chi connectivity index (χ4v) is 2.27. The highest BCUT2D eigenvalue weighted by molar-refractivity contribution is 6.31. The number of allylic oxidation sites excluding steroid dienone is 1. The molecule has 0 spiro atoms. The summed E-state index contributed by atoms with van der Waals surface area (Å²) in [4.78, 5) is 21.8. The van der Waals surface area contributed by atoms with Crippen LogP contribution in [0.15, 0.2) is 11.1 Å². The molecule has 3 unspecified atom stereocenters. The van der Waals surface area contributed by atoms with Gasteiger partial charge in [-0.25, -0.2) is 0 Å². The average molecular weight is 234 g/mol. The van der Waals surface area contributed by atoms with Crippen LogP contribution in [0.2, 0.25) is 0 Å². The lowest BCUT2D eigenvalue weighted by molar-refractivity contribution is -0.149. The highest BCUT2D eigenvalue weighted by Crippen LogP contribution is 2.38. The SMILES string of the molecule is CC1(N)C(C(=O)O)CC=C(Cl)C1C(=O)O. The summed E-state index contributed by atoms with van der Waals surface area (Å²) in [6.45, 7) is 1.40. The van der Waals surface area contributed by atoms with Crippen LogP contribution >= 0.6 is 11.6 Å². The Balaban J connectivity index is 3.15. The molecule has 3 atom stereocenters. The number of hydrogen-bond donors (Lipinski definition) is 3. The fourth-order valence-electron chi connectivity index (χ4n) is 1.85. The van der Waals surface area contributed by atoms with Gasteiger partial charge in [0.2, 0.25) is 0 Å². The Labute approximate surface area is 91.5 Å². The van der Waals surface area contributed by atoms with E-state index in [0.29, 0.717) is 0 Å². The van der Waals surface area contributed by atoms with Crippen LogP contribution in [-0.2, 0) is 9.59 Å². The molecule has 0 saturated carbocycles. The molecule has 0 saturated heterocycles. The summed E-state index contributed by atoms with van der Waals surface area (Å²) in [6.07, 6.45) is 1.57. The fraction of sp³-hybridized carbons (Fsp3) is 0.556. The monoisotopic (exact) mass is 233 g/mol. The molecule has 0 heterocycles. The Morgan fingerprint density at radius 2 is 2.07 bits per heavy atom. The van der Waals surface area contributed by atoms with Crippen molar-refractivity contribution in [2.75, 3.05) is 0 Å². The molecule has 15 heavy (non-hydrogen) atoms. The van der Waals surface area contributed by atoms with Gasteiger partial charge in [-0.15, -0.1) is 0 Å². The van der Waals surface area contributed by atoms with Crippen molar-refractivity contribution in [2.45, 2.75) is 18.9 Å².